The van der Waals surface area contributed by atoms with Crippen LogP contribution < -0.4 is 11.1 Å². The van der Waals surface area contributed by atoms with Gasteiger partial charge < -0.3 is 11.1 Å². The molecule has 0 radical (unpaired) electrons. The first-order valence-corrected chi connectivity index (χ1v) is 8.16. The maximum Gasteiger partial charge on any atom is 0.224 e. The summed E-state index contributed by atoms with van der Waals surface area (Å²) in [4.78, 5) is 12.4. The second-order valence-corrected chi connectivity index (χ2v) is 7.41. The predicted octanol–water partition coefficient (Wildman–Crippen LogP) is 3.76. The Morgan fingerprint density at radius 1 is 1.32 bits per heavy atom. The Balaban J connectivity index is 0.00000176. The van der Waals surface area contributed by atoms with Crippen LogP contribution in [0.5, 0.6) is 0 Å². The van der Waals surface area contributed by atoms with E-state index < -0.39 is 0 Å². The van der Waals surface area contributed by atoms with Crippen LogP contribution >= 0.6 is 35.6 Å². The average molecular weight is 364 g/mol. The van der Waals surface area contributed by atoms with E-state index >= 15 is 0 Å². The third-order valence-electron chi connectivity index (χ3n) is 4.75. The molecule has 122 valence electrons. The summed E-state index contributed by atoms with van der Waals surface area (Å²) in [7, 11) is 0. The molecular formula is C16H21Cl3N2O. The lowest BCUT2D eigenvalue weighted by molar-refractivity contribution is -0.124. The van der Waals surface area contributed by atoms with Crippen LogP contribution in [0.2, 0.25) is 10.0 Å². The summed E-state index contributed by atoms with van der Waals surface area (Å²) in [6.45, 7) is 2.54. The fourth-order valence-electron chi connectivity index (χ4n) is 3.06. The first-order valence-electron chi connectivity index (χ1n) is 7.41. The second kappa shape index (κ2) is 6.56. The van der Waals surface area contributed by atoms with Gasteiger partial charge >= 0.3 is 0 Å². The van der Waals surface area contributed by atoms with Gasteiger partial charge in [-0.25, -0.2) is 0 Å². The molecule has 2 aliphatic rings. The average Bonchev–Trinajstić information content (AvgIpc) is 3.28. The SMILES string of the molecule is CC(CN)(NC(=O)C1CC1c1cc(Cl)cc(Cl)c1)C1CC1.Cl. The van der Waals surface area contributed by atoms with Crippen molar-refractivity contribution in [2.24, 2.45) is 17.6 Å². The minimum atomic E-state index is -0.254. The molecule has 2 aliphatic carbocycles. The van der Waals surface area contributed by atoms with E-state index in [1.807, 2.05) is 12.1 Å². The third kappa shape index (κ3) is 3.70. The van der Waals surface area contributed by atoms with Gasteiger partial charge in [0.05, 0.1) is 5.54 Å². The molecule has 0 saturated heterocycles. The normalized spacial score (nSPS) is 25.8. The first-order chi connectivity index (χ1) is 9.93. The van der Waals surface area contributed by atoms with Crippen molar-refractivity contribution in [2.45, 2.75) is 37.6 Å². The highest BCUT2D eigenvalue weighted by Gasteiger charge is 2.48. The van der Waals surface area contributed by atoms with Gasteiger partial charge in [0, 0.05) is 22.5 Å². The van der Waals surface area contributed by atoms with Crippen LogP contribution in [-0.4, -0.2) is 18.0 Å². The maximum atomic E-state index is 12.4. The van der Waals surface area contributed by atoms with Gasteiger partial charge in [-0.1, -0.05) is 23.2 Å². The van der Waals surface area contributed by atoms with Gasteiger partial charge in [-0.05, 0) is 61.8 Å². The Hall–Kier alpha value is -0.480. The smallest absolute Gasteiger partial charge is 0.224 e. The number of hydrogen-bond donors (Lipinski definition) is 2. The van der Waals surface area contributed by atoms with Gasteiger partial charge in [0.2, 0.25) is 5.91 Å². The Morgan fingerprint density at radius 3 is 2.41 bits per heavy atom. The fourth-order valence-corrected chi connectivity index (χ4v) is 3.60. The quantitative estimate of drug-likeness (QED) is 0.837. The maximum absolute atomic E-state index is 12.4. The van der Waals surface area contributed by atoms with Gasteiger partial charge in [0.15, 0.2) is 0 Å². The lowest BCUT2D eigenvalue weighted by Gasteiger charge is -2.29. The van der Waals surface area contributed by atoms with Crippen molar-refractivity contribution in [1.82, 2.24) is 5.32 Å². The van der Waals surface area contributed by atoms with E-state index in [0.717, 1.165) is 24.8 Å². The zero-order valence-electron chi connectivity index (χ0n) is 12.4. The molecule has 6 heteroatoms. The number of carbonyl (C=O) groups excluding carboxylic acids is 1. The zero-order chi connectivity index (χ0) is 15.2. The van der Waals surface area contributed by atoms with Gasteiger partial charge in [-0.3, -0.25) is 4.79 Å². The highest BCUT2D eigenvalue weighted by atomic mass is 35.5. The number of nitrogens with two attached hydrogens (primary N) is 1. The van der Waals surface area contributed by atoms with Crippen LogP contribution in [0, 0.1) is 11.8 Å². The summed E-state index contributed by atoms with van der Waals surface area (Å²) >= 11 is 12.1. The zero-order valence-corrected chi connectivity index (χ0v) is 14.8. The van der Waals surface area contributed by atoms with Crippen molar-refractivity contribution < 1.29 is 4.79 Å². The highest BCUT2D eigenvalue weighted by molar-refractivity contribution is 6.34. The van der Waals surface area contributed by atoms with Gasteiger partial charge in [-0.15, -0.1) is 12.4 Å². The van der Waals surface area contributed by atoms with Crippen LogP contribution in [0.3, 0.4) is 0 Å². The van der Waals surface area contributed by atoms with Crippen molar-refractivity contribution in [3.63, 3.8) is 0 Å². The number of amides is 1. The standard InChI is InChI=1S/C16H20Cl2N2O.ClH/c1-16(8-19,10-2-3-10)20-15(21)14-7-13(14)9-4-11(17)6-12(18)5-9;/h4-6,10,13-14H,2-3,7-8,19H2,1H3,(H,20,21);1H. The molecule has 1 amide bonds. The summed E-state index contributed by atoms with van der Waals surface area (Å²) in [5.74, 6) is 0.881. The number of hydrogen-bond acceptors (Lipinski definition) is 2. The minimum absolute atomic E-state index is 0. The van der Waals surface area contributed by atoms with Crippen LogP contribution in [0.25, 0.3) is 0 Å². The summed E-state index contributed by atoms with van der Waals surface area (Å²) in [5, 5.41) is 4.40. The summed E-state index contributed by atoms with van der Waals surface area (Å²) in [6.07, 6.45) is 3.17. The van der Waals surface area contributed by atoms with Crippen LogP contribution in [0.15, 0.2) is 18.2 Å². The first kappa shape index (κ1) is 17.9. The minimum Gasteiger partial charge on any atom is -0.349 e. The molecule has 1 aromatic carbocycles. The van der Waals surface area contributed by atoms with Crippen molar-refractivity contribution in [2.75, 3.05) is 6.54 Å². The molecule has 3 rings (SSSR count). The molecule has 0 aromatic heterocycles. The Kier molecular flexibility index (Phi) is 5.33. The number of nitrogens with one attached hydrogen (secondary N) is 1. The van der Waals surface area contributed by atoms with E-state index in [1.54, 1.807) is 6.07 Å². The molecule has 3 atom stereocenters. The van der Waals surface area contributed by atoms with Crippen LogP contribution in [0.1, 0.15) is 37.7 Å². The number of carbonyl (C=O) groups is 1. The largest absolute Gasteiger partial charge is 0.349 e. The van der Waals surface area contributed by atoms with E-state index in [9.17, 15) is 4.79 Å². The summed E-state index contributed by atoms with van der Waals surface area (Å²) in [6, 6.07) is 5.51. The number of rotatable bonds is 5. The summed E-state index contributed by atoms with van der Waals surface area (Å²) in [5.41, 5.74) is 6.65. The molecule has 3 unspecified atom stereocenters. The number of benzene rings is 1. The highest BCUT2D eigenvalue weighted by Crippen LogP contribution is 2.49. The molecule has 2 fully saturated rings. The molecule has 22 heavy (non-hydrogen) atoms. The molecule has 3 nitrogen and oxygen atoms in total. The summed E-state index contributed by atoms with van der Waals surface area (Å²) < 4.78 is 0. The van der Waals surface area contributed by atoms with Gasteiger partial charge in [-0.2, -0.15) is 0 Å². The van der Waals surface area contributed by atoms with Crippen molar-refractivity contribution in [3.8, 4) is 0 Å². The Labute approximate surface area is 147 Å². The fraction of sp³-hybridized carbons (Fsp3) is 0.562. The number of halogens is 3. The molecule has 0 aliphatic heterocycles. The second-order valence-electron chi connectivity index (χ2n) is 6.54. The van der Waals surface area contributed by atoms with Crippen molar-refractivity contribution in [1.29, 1.82) is 0 Å². The van der Waals surface area contributed by atoms with Crippen LogP contribution in [0.4, 0.5) is 0 Å². The molecule has 0 spiro atoms. The third-order valence-corrected chi connectivity index (χ3v) is 5.19. The molecular weight excluding hydrogens is 343 g/mol. The van der Waals surface area contributed by atoms with E-state index in [0.29, 0.717) is 22.5 Å². The van der Waals surface area contributed by atoms with E-state index in [1.165, 1.54) is 0 Å². The lowest BCUT2D eigenvalue weighted by Crippen LogP contribution is -2.53. The topological polar surface area (TPSA) is 55.1 Å². The van der Waals surface area contributed by atoms with E-state index in [-0.39, 0.29) is 35.7 Å². The Morgan fingerprint density at radius 2 is 1.91 bits per heavy atom. The monoisotopic (exact) mass is 362 g/mol. The Bertz CT molecular complexity index is 556. The molecule has 0 heterocycles. The lowest BCUT2D eigenvalue weighted by atomic mass is 9.95. The predicted molar refractivity (Wildman–Crippen MR) is 92.9 cm³/mol. The molecule has 0 bridgehead atoms. The molecule has 2 saturated carbocycles. The van der Waals surface area contributed by atoms with Crippen molar-refractivity contribution >= 4 is 41.5 Å². The molecule has 1 aromatic rings. The van der Waals surface area contributed by atoms with E-state index in [2.05, 4.69) is 12.2 Å². The van der Waals surface area contributed by atoms with Gasteiger partial charge in [0.1, 0.15) is 0 Å². The van der Waals surface area contributed by atoms with Crippen LogP contribution in [-0.2, 0) is 4.79 Å². The van der Waals surface area contributed by atoms with Crippen molar-refractivity contribution in [3.05, 3.63) is 33.8 Å². The van der Waals surface area contributed by atoms with E-state index in [4.69, 9.17) is 28.9 Å². The van der Waals surface area contributed by atoms with Gasteiger partial charge in [0.25, 0.3) is 0 Å². The molecule has 3 N–H and O–H groups in total.